The molecule has 6 nitrogen and oxygen atoms in total. The van der Waals surface area contributed by atoms with Crippen LogP contribution in [0.1, 0.15) is 22.3 Å². The Balaban J connectivity index is 1.56. The van der Waals surface area contributed by atoms with Gasteiger partial charge in [0.1, 0.15) is 18.1 Å². The van der Waals surface area contributed by atoms with E-state index in [2.05, 4.69) is 5.32 Å². The van der Waals surface area contributed by atoms with Gasteiger partial charge < -0.3 is 20.5 Å². The Labute approximate surface area is 179 Å². The fraction of sp³-hybridized carbons (Fsp3) is 0.130. The lowest BCUT2D eigenvalue weighted by molar-refractivity contribution is -0.118. The van der Waals surface area contributed by atoms with Crippen LogP contribution >= 0.6 is 11.6 Å². The van der Waals surface area contributed by atoms with Gasteiger partial charge >= 0.3 is 0 Å². The van der Waals surface area contributed by atoms with Crippen molar-refractivity contribution in [2.24, 2.45) is 5.73 Å². The molecule has 154 valence electrons. The first-order valence-corrected chi connectivity index (χ1v) is 9.67. The Hall–Kier alpha value is -3.51. The van der Waals surface area contributed by atoms with E-state index in [0.717, 1.165) is 5.56 Å². The summed E-state index contributed by atoms with van der Waals surface area (Å²) in [4.78, 5) is 23.3. The van der Waals surface area contributed by atoms with Crippen molar-refractivity contribution in [3.8, 4) is 11.5 Å². The molecule has 3 aromatic carbocycles. The summed E-state index contributed by atoms with van der Waals surface area (Å²) in [6.45, 7) is 0.561. The lowest BCUT2D eigenvalue weighted by Crippen LogP contribution is -2.14. The fourth-order valence-corrected chi connectivity index (χ4v) is 2.84. The molecule has 2 amide bonds. The maximum atomic E-state index is 12.6. The quantitative estimate of drug-likeness (QED) is 0.531. The van der Waals surface area contributed by atoms with Gasteiger partial charge in [-0.3, -0.25) is 9.59 Å². The molecule has 0 atom stereocenters. The van der Waals surface area contributed by atoms with Crippen molar-refractivity contribution >= 4 is 29.1 Å². The minimum atomic E-state index is -0.419. The van der Waals surface area contributed by atoms with Crippen LogP contribution in [0.5, 0.6) is 11.5 Å². The molecule has 3 rings (SSSR count). The zero-order valence-electron chi connectivity index (χ0n) is 16.1. The molecule has 0 aliphatic heterocycles. The molecule has 0 heterocycles. The number of nitrogens with one attached hydrogen (secondary N) is 1. The Morgan fingerprint density at radius 1 is 0.900 bits per heavy atom. The number of halogens is 1. The van der Waals surface area contributed by atoms with Gasteiger partial charge in [0.05, 0.1) is 13.0 Å². The van der Waals surface area contributed by atoms with E-state index in [1.165, 1.54) is 0 Å². The third kappa shape index (κ3) is 6.53. The van der Waals surface area contributed by atoms with Crippen LogP contribution in [0.3, 0.4) is 0 Å². The van der Waals surface area contributed by atoms with E-state index in [1.54, 1.807) is 54.6 Å². The lowest BCUT2D eigenvalue weighted by Gasteiger charge is -2.10. The predicted octanol–water partition coefficient (Wildman–Crippen LogP) is 4.43. The van der Waals surface area contributed by atoms with Crippen LogP contribution in [0, 0.1) is 0 Å². The number of ether oxygens (including phenoxy) is 2. The van der Waals surface area contributed by atoms with Crippen molar-refractivity contribution in [2.75, 3.05) is 11.9 Å². The molecule has 0 bridgehead atoms. The predicted molar refractivity (Wildman–Crippen MR) is 116 cm³/mol. The van der Waals surface area contributed by atoms with Crippen LogP contribution in [0.25, 0.3) is 0 Å². The number of amides is 2. The van der Waals surface area contributed by atoms with Gasteiger partial charge in [-0.05, 0) is 60.2 Å². The van der Waals surface area contributed by atoms with Gasteiger partial charge in [-0.2, -0.15) is 0 Å². The van der Waals surface area contributed by atoms with Crippen LogP contribution in [-0.4, -0.2) is 18.4 Å². The van der Waals surface area contributed by atoms with Gasteiger partial charge in [0.25, 0.3) is 5.91 Å². The number of hydrogen-bond acceptors (Lipinski definition) is 4. The average molecular weight is 425 g/mol. The maximum Gasteiger partial charge on any atom is 0.255 e. The highest BCUT2D eigenvalue weighted by Crippen LogP contribution is 2.20. The zero-order valence-corrected chi connectivity index (χ0v) is 16.9. The van der Waals surface area contributed by atoms with Crippen molar-refractivity contribution in [1.29, 1.82) is 0 Å². The summed E-state index contributed by atoms with van der Waals surface area (Å²) in [6.07, 6.45) is 0.147. The molecule has 0 fully saturated rings. The average Bonchev–Trinajstić information content (AvgIpc) is 2.73. The van der Waals surface area contributed by atoms with E-state index < -0.39 is 5.91 Å². The highest BCUT2D eigenvalue weighted by molar-refractivity contribution is 6.30. The standard InChI is InChI=1S/C23H21ClN2O4/c24-18-5-1-3-16(13-18)15-30-21-6-2-4-17(14-21)23(28)26-19-7-9-20(10-8-19)29-12-11-22(25)27/h1-10,13-14H,11-12,15H2,(H2,25,27)(H,26,28). The first-order valence-electron chi connectivity index (χ1n) is 9.29. The summed E-state index contributed by atoms with van der Waals surface area (Å²) in [7, 11) is 0. The Morgan fingerprint density at radius 3 is 2.40 bits per heavy atom. The lowest BCUT2D eigenvalue weighted by atomic mass is 10.2. The Morgan fingerprint density at radius 2 is 1.67 bits per heavy atom. The number of carbonyl (C=O) groups excluding carboxylic acids is 2. The third-order valence-electron chi connectivity index (χ3n) is 4.12. The van der Waals surface area contributed by atoms with Crippen LogP contribution < -0.4 is 20.5 Å². The number of nitrogens with two attached hydrogens (primary N) is 1. The van der Waals surface area contributed by atoms with Crippen LogP contribution in [-0.2, 0) is 11.4 Å². The van der Waals surface area contributed by atoms with Crippen molar-refractivity contribution in [2.45, 2.75) is 13.0 Å². The first kappa shape index (κ1) is 21.2. The van der Waals surface area contributed by atoms with E-state index in [4.69, 9.17) is 26.8 Å². The molecule has 0 aliphatic carbocycles. The number of anilines is 1. The summed E-state index contributed by atoms with van der Waals surface area (Å²) < 4.78 is 11.2. The van der Waals surface area contributed by atoms with E-state index in [-0.39, 0.29) is 18.9 Å². The molecule has 0 spiro atoms. The third-order valence-corrected chi connectivity index (χ3v) is 4.36. The molecule has 7 heteroatoms. The number of carbonyl (C=O) groups is 2. The summed E-state index contributed by atoms with van der Waals surface area (Å²) in [5, 5.41) is 3.47. The van der Waals surface area contributed by atoms with Crippen molar-refractivity contribution in [1.82, 2.24) is 0 Å². The number of benzene rings is 3. The van der Waals surface area contributed by atoms with Crippen molar-refractivity contribution in [3.05, 3.63) is 88.9 Å². The van der Waals surface area contributed by atoms with Gasteiger partial charge in [-0.1, -0.05) is 29.8 Å². The highest BCUT2D eigenvalue weighted by Gasteiger charge is 2.08. The molecule has 0 unspecified atom stereocenters. The van der Waals surface area contributed by atoms with E-state index >= 15 is 0 Å². The fourth-order valence-electron chi connectivity index (χ4n) is 2.63. The smallest absolute Gasteiger partial charge is 0.255 e. The van der Waals surface area contributed by atoms with Crippen LogP contribution in [0.2, 0.25) is 5.02 Å². The SMILES string of the molecule is NC(=O)CCOc1ccc(NC(=O)c2cccc(OCc3cccc(Cl)c3)c2)cc1. The zero-order chi connectivity index (χ0) is 21.3. The Bertz CT molecular complexity index is 1020. The minimum Gasteiger partial charge on any atom is -0.493 e. The minimum absolute atomic E-state index is 0.147. The van der Waals surface area contributed by atoms with Crippen LogP contribution in [0.4, 0.5) is 5.69 Å². The van der Waals surface area contributed by atoms with Gasteiger partial charge in [0, 0.05) is 16.3 Å². The molecule has 3 aromatic rings. The second-order valence-electron chi connectivity index (χ2n) is 6.49. The van der Waals surface area contributed by atoms with E-state index in [0.29, 0.717) is 34.4 Å². The van der Waals surface area contributed by atoms with Gasteiger partial charge in [0.15, 0.2) is 0 Å². The topological polar surface area (TPSA) is 90.7 Å². The monoisotopic (exact) mass is 424 g/mol. The number of primary amides is 1. The maximum absolute atomic E-state index is 12.6. The van der Waals surface area contributed by atoms with Gasteiger partial charge in [-0.15, -0.1) is 0 Å². The Kier molecular flexibility index (Phi) is 7.29. The second-order valence-corrected chi connectivity index (χ2v) is 6.93. The molecular weight excluding hydrogens is 404 g/mol. The first-order chi connectivity index (χ1) is 14.5. The number of hydrogen-bond donors (Lipinski definition) is 2. The summed E-state index contributed by atoms with van der Waals surface area (Å²) in [5.41, 5.74) is 7.11. The second kappa shape index (κ2) is 10.3. The van der Waals surface area contributed by atoms with Crippen molar-refractivity contribution < 1.29 is 19.1 Å². The summed E-state index contributed by atoms with van der Waals surface area (Å²) in [6, 6.07) is 21.2. The molecule has 0 radical (unpaired) electrons. The molecule has 0 saturated heterocycles. The summed E-state index contributed by atoms with van der Waals surface area (Å²) >= 11 is 5.98. The summed E-state index contributed by atoms with van der Waals surface area (Å²) in [5.74, 6) is 0.495. The molecule has 0 saturated carbocycles. The van der Waals surface area contributed by atoms with Gasteiger partial charge in [-0.25, -0.2) is 0 Å². The van der Waals surface area contributed by atoms with Crippen molar-refractivity contribution in [3.63, 3.8) is 0 Å². The molecule has 0 aromatic heterocycles. The normalized spacial score (nSPS) is 10.3. The van der Waals surface area contributed by atoms with E-state index in [1.807, 2.05) is 18.2 Å². The van der Waals surface area contributed by atoms with E-state index in [9.17, 15) is 9.59 Å². The number of rotatable bonds is 9. The largest absolute Gasteiger partial charge is 0.493 e. The molecule has 30 heavy (non-hydrogen) atoms. The molecule has 3 N–H and O–H groups in total. The molecular formula is C23H21ClN2O4. The highest BCUT2D eigenvalue weighted by atomic mass is 35.5. The molecule has 0 aliphatic rings. The van der Waals surface area contributed by atoms with Gasteiger partial charge in [0.2, 0.25) is 5.91 Å². The van der Waals surface area contributed by atoms with Crippen LogP contribution in [0.15, 0.2) is 72.8 Å².